The summed E-state index contributed by atoms with van der Waals surface area (Å²) in [6, 6.07) is 0.484. The summed E-state index contributed by atoms with van der Waals surface area (Å²) in [6.07, 6.45) is 2.26. The molecule has 0 aromatic heterocycles. The van der Waals surface area contributed by atoms with E-state index in [4.69, 9.17) is 4.74 Å². The standard InChI is InChI=1S/C11H22N2O2/c1-3-13-7-5-10(6-8-13)12-9-11(14)15-4-2/h10,12H,3-9H2,1-2H3. The molecule has 1 aliphatic rings. The molecule has 0 aromatic carbocycles. The van der Waals surface area contributed by atoms with Gasteiger partial charge in [-0.1, -0.05) is 6.92 Å². The largest absolute Gasteiger partial charge is 0.465 e. The minimum atomic E-state index is -0.143. The Hall–Kier alpha value is -0.610. The zero-order valence-corrected chi connectivity index (χ0v) is 9.79. The molecule has 1 rings (SSSR count). The molecule has 1 fully saturated rings. The average Bonchev–Trinajstić information content (AvgIpc) is 2.27. The third-order valence-corrected chi connectivity index (χ3v) is 2.88. The summed E-state index contributed by atoms with van der Waals surface area (Å²) in [5.74, 6) is -0.143. The molecule has 0 bridgehead atoms. The van der Waals surface area contributed by atoms with Crippen LogP contribution in [0.25, 0.3) is 0 Å². The zero-order valence-electron chi connectivity index (χ0n) is 9.79. The summed E-state index contributed by atoms with van der Waals surface area (Å²) in [5.41, 5.74) is 0. The van der Waals surface area contributed by atoms with Gasteiger partial charge in [0.1, 0.15) is 0 Å². The van der Waals surface area contributed by atoms with Gasteiger partial charge in [-0.2, -0.15) is 0 Å². The maximum atomic E-state index is 11.1. The summed E-state index contributed by atoms with van der Waals surface area (Å²) in [7, 11) is 0. The molecular formula is C11H22N2O2. The minimum absolute atomic E-state index is 0.143. The van der Waals surface area contributed by atoms with E-state index in [9.17, 15) is 4.79 Å². The van der Waals surface area contributed by atoms with Crippen LogP contribution in [-0.4, -0.2) is 49.7 Å². The molecule has 4 heteroatoms. The number of nitrogens with zero attached hydrogens (tertiary/aromatic N) is 1. The van der Waals surface area contributed by atoms with Crippen molar-refractivity contribution in [1.82, 2.24) is 10.2 Å². The maximum Gasteiger partial charge on any atom is 0.319 e. The van der Waals surface area contributed by atoms with Crippen molar-refractivity contribution in [2.75, 3.05) is 32.8 Å². The van der Waals surface area contributed by atoms with Crippen molar-refractivity contribution in [3.8, 4) is 0 Å². The molecule has 0 spiro atoms. The van der Waals surface area contributed by atoms with Crippen LogP contribution >= 0.6 is 0 Å². The van der Waals surface area contributed by atoms with Gasteiger partial charge in [0.25, 0.3) is 0 Å². The van der Waals surface area contributed by atoms with Gasteiger partial charge in [-0.05, 0) is 39.4 Å². The molecule has 0 unspecified atom stereocenters. The number of hydrogen-bond acceptors (Lipinski definition) is 4. The lowest BCUT2D eigenvalue weighted by molar-refractivity contribution is -0.142. The van der Waals surface area contributed by atoms with E-state index >= 15 is 0 Å². The van der Waals surface area contributed by atoms with Crippen LogP contribution in [0.3, 0.4) is 0 Å². The summed E-state index contributed by atoms with van der Waals surface area (Å²) < 4.78 is 4.86. The number of likely N-dealkylation sites (tertiary alicyclic amines) is 1. The molecule has 1 N–H and O–H groups in total. The van der Waals surface area contributed by atoms with Crippen LogP contribution in [0.1, 0.15) is 26.7 Å². The van der Waals surface area contributed by atoms with E-state index in [1.165, 1.54) is 0 Å². The van der Waals surface area contributed by atoms with Gasteiger partial charge < -0.3 is 15.0 Å². The molecule has 1 saturated heterocycles. The third-order valence-electron chi connectivity index (χ3n) is 2.88. The highest BCUT2D eigenvalue weighted by molar-refractivity contribution is 5.71. The Morgan fingerprint density at radius 3 is 2.60 bits per heavy atom. The fourth-order valence-corrected chi connectivity index (χ4v) is 1.89. The van der Waals surface area contributed by atoms with Crippen molar-refractivity contribution in [3.05, 3.63) is 0 Å². The fraction of sp³-hybridized carbons (Fsp3) is 0.909. The predicted octanol–water partition coefficient (Wildman–Crippen LogP) is 0.623. The highest BCUT2D eigenvalue weighted by Crippen LogP contribution is 2.09. The Bertz CT molecular complexity index is 189. The summed E-state index contributed by atoms with van der Waals surface area (Å²) >= 11 is 0. The lowest BCUT2D eigenvalue weighted by Crippen LogP contribution is -2.44. The van der Waals surface area contributed by atoms with Gasteiger partial charge in [0.15, 0.2) is 0 Å². The Morgan fingerprint density at radius 1 is 1.40 bits per heavy atom. The van der Waals surface area contributed by atoms with Crippen molar-refractivity contribution in [2.45, 2.75) is 32.7 Å². The van der Waals surface area contributed by atoms with E-state index in [1.54, 1.807) is 0 Å². The Labute approximate surface area is 92.0 Å². The first-order valence-corrected chi connectivity index (χ1v) is 5.87. The van der Waals surface area contributed by atoms with E-state index in [2.05, 4.69) is 17.1 Å². The molecule has 0 amide bonds. The second-order valence-electron chi connectivity index (χ2n) is 3.89. The number of ether oxygens (including phenoxy) is 1. The number of hydrogen-bond donors (Lipinski definition) is 1. The first kappa shape index (κ1) is 12.5. The van der Waals surface area contributed by atoms with Crippen LogP contribution < -0.4 is 5.32 Å². The van der Waals surface area contributed by atoms with Crippen molar-refractivity contribution in [1.29, 1.82) is 0 Å². The minimum Gasteiger partial charge on any atom is -0.465 e. The molecule has 0 aliphatic carbocycles. The SMILES string of the molecule is CCOC(=O)CNC1CCN(CC)CC1. The Kier molecular flexibility index (Phi) is 5.65. The lowest BCUT2D eigenvalue weighted by atomic mass is 10.1. The van der Waals surface area contributed by atoms with E-state index in [1.807, 2.05) is 6.92 Å². The third kappa shape index (κ3) is 4.62. The van der Waals surface area contributed by atoms with Crippen molar-refractivity contribution < 1.29 is 9.53 Å². The molecule has 0 atom stereocenters. The Balaban J connectivity index is 2.10. The molecule has 15 heavy (non-hydrogen) atoms. The van der Waals surface area contributed by atoms with E-state index in [0.29, 0.717) is 19.2 Å². The quantitative estimate of drug-likeness (QED) is 0.681. The number of esters is 1. The van der Waals surface area contributed by atoms with Gasteiger partial charge in [-0.3, -0.25) is 4.79 Å². The number of carbonyl (C=O) groups excluding carboxylic acids is 1. The van der Waals surface area contributed by atoms with Gasteiger partial charge in [0.2, 0.25) is 0 Å². The lowest BCUT2D eigenvalue weighted by Gasteiger charge is -2.31. The number of carbonyl (C=O) groups is 1. The van der Waals surface area contributed by atoms with Crippen molar-refractivity contribution >= 4 is 5.97 Å². The molecule has 88 valence electrons. The molecule has 1 heterocycles. The normalized spacial score (nSPS) is 19.1. The van der Waals surface area contributed by atoms with Crippen LogP contribution in [0.5, 0.6) is 0 Å². The summed E-state index contributed by atoms with van der Waals surface area (Å²) in [4.78, 5) is 13.5. The second kappa shape index (κ2) is 6.80. The van der Waals surface area contributed by atoms with E-state index in [0.717, 1.165) is 32.5 Å². The van der Waals surface area contributed by atoms with Gasteiger partial charge in [-0.15, -0.1) is 0 Å². The predicted molar refractivity (Wildman–Crippen MR) is 59.8 cm³/mol. The molecule has 0 radical (unpaired) electrons. The number of nitrogens with one attached hydrogen (secondary N) is 1. The highest BCUT2D eigenvalue weighted by Gasteiger charge is 2.18. The molecule has 0 saturated carbocycles. The van der Waals surface area contributed by atoms with E-state index in [-0.39, 0.29) is 5.97 Å². The Morgan fingerprint density at radius 2 is 2.07 bits per heavy atom. The average molecular weight is 214 g/mol. The first-order chi connectivity index (χ1) is 7.26. The molecule has 4 nitrogen and oxygen atoms in total. The monoisotopic (exact) mass is 214 g/mol. The summed E-state index contributed by atoms with van der Waals surface area (Å²) in [6.45, 7) is 8.24. The van der Waals surface area contributed by atoms with Crippen LogP contribution in [0.2, 0.25) is 0 Å². The first-order valence-electron chi connectivity index (χ1n) is 5.87. The molecular weight excluding hydrogens is 192 g/mol. The van der Waals surface area contributed by atoms with Gasteiger partial charge in [0, 0.05) is 6.04 Å². The number of piperidine rings is 1. The second-order valence-corrected chi connectivity index (χ2v) is 3.89. The smallest absolute Gasteiger partial charge is 0.319 e. The van der Waals surface area contributed by atoms with Crippen LogP contribution in [0, 0.1) is 0 Å². The van der Waals surface area contributed by atoms with Crippen LogP contribution in [0.15, 0.2) is 0 Å². The molecule has 0 aromatic rings. The van der Waals surface area contributed by atoms with Gasteiger partial charge in [0.05, 0.1) is 13.2 Å². The van der Waals surface area contributed by atoms with Gasteiger partial charge >= 0.3 is 5.97 Å². The maximum absolute atomic E-state index is 11.1. The van der Waals surface area contributed by atoms with Crippen LogP contribution in [0.4, 0.5) is 0 Å². The zero-order chi connectivity index (χ0) is 11.1. The van der Waals surface area contributed by atoms with Crippen molar-refractivity contribution in [3.63, 3.8) is 0 Å². The topological polar surface area (TPSA) is 41.6 Å². The van der Waals surface area contributed by atoms with E-state index < -0.39 is 0 Å². The van der Waals surface area contributed by atoms with Crippen molar-refractivity contribution in [2.24, 2.45) is 0 Å². The number of rotatable bonds is 5. The van der Waals surface area contributed by atoms with Crippen LogP contribution in [-0.2, 0) is 9.53 Å². The van der Waals surface area contributed by atoms with Gasteiger partial charge in [-0.25, -0.2) is 0 Å². The molecule has 1 aliphatic heterocycles. The highest BCUT2D eigenvalue weighted by atomic mass is 16.5. The summed E-state index contributed by atoms with van der Waals surface area (Å²) in [5, 5.41) is 3.25. The fourth-order valence-electron chi connectivity index (χ4n) is 1.89.